The molecule has 5 nitrogen and oxygen atoms in total. The zero-order chi connectivity index (χ0) is 24.3. The average Bonchev–Trinajstić information content (AvgIpc) is 2.73. The molecule has 32 heavy (non-hydrogen) atoms. The van der Waals surface area contributed by atoms with Gasteiger partial charge in [-0.25, -0.2) is 8.42 Å². The van der Waals surface area contributed by atoms with E-state index >= 15 is 0 Å². The minimum absolute atomic E-state index is 0.178. The van der Waals surface area contributed by atoms with Gasteiger partial charge in [-0.05, 0) is 44.7 Å². The van der Waals surface area contributed by atoms with Crippen LogP contribution < -0.4 is 0 Å². The van der Waals surface area contributed by atoms with Crippen LogP contribution in [0.2, 0.25) is 0 Å². The van der Waals surface area contributed by atoms with Gasteiger partial charge in [-0.2, -0.15) is 0 Å². The number of aliphatic hydroxyl groups is 1. The van der Waals surface area contributed by atoms with Crippen molar-refractivity contribution in [3.8, 4) is 0 Å². The van der Waals surface area contributed by atoms with Gasteiger partial charge in [0.2, 0.25) is 0 Å². The summed E-state index contributed by atoms with van der Waals surface area (Å²) in [6.07, 6.45) is 16.4. The standard InChI is InChI=1S/C19H42NO.C7H8O3S/c1-4-6-8-10-12-14-16-20(3,18-19-21)17-15-13-11-9-7-5-2;1-6-2-4-7(5-3-6)11(8,9)10/h21H,4-19H2,1-3H3;2-5H,1H3,(H,8,9,10)/q+1;/p-1. The minimum atomic E-state index is -4.27. The van der Waals surface area contributed by atoms with Crippen LogP contribution in [0.5, 0.6) is 0 Å². The second-order valence-electron chi connectivity index (χ2n) is 9.32. The summed E-state index contributed by atoms with van der Waals surface area (Å²) in [5, 5.41) is 9.33. The van der Waals surface area contributed by atoms with Crippen molar-refractivity contribution in [2.75, 3.05) is 33.3 Å². The van der Waals surface area contributed by atoms with Crippen LogP contribution in [0.15, 0.2) is 29.2 Å². The molecule has 188 valence electrons. The fourth-order valence-electron chi connectivity index (χ4n) is 3.83. The largest absolute Gasteiger partial charge is 0.744 e. The Morgan fingerprint density at radius 1 is 0.750 bits per heavy atom. The van der Waals surface area contributed by atoms with E-state index in [4.69, 9.17) is 0 Å². The number of aliphatic hydroxyl groups excluding tert-OH is 1. The second-order valence-corrected chi connectivity index (χ2v) is 10.7. The number of aryl methyl sites for hydroxylation is 1. The maximum Gasteiger partial charge on any atom is 0.124 e. The number of hydrogen-bond donors (Lipinski definition) is 1. The van der Waals surface area contributed by atoms with Gasteiger partial charge in [-0.3, -0.25) is 0 Å². The van der Waals surface area contributed by atoms with Crippen molar-refractivity contribution < 1.29 is 22.6 Å². The summed E-state index contributed by atoms with van der Waals surface area (Å²) < 4.78 is 32.2. The molecule has 0 radical (unpaired) electrons. The van der Waals surface area contributed by atoms with Gasteiger partial charge in [-0.1, -0.05) is 82.9 Å². The molecule has 1 aromatic carbocycles. The highest BCUT2D eigenvalue weighted by atomic mass is 32.2. The molecule has 0 spiro atoms. The third-order valence-corrected chi connectivity index (χ3v) is 6.90. The Labute approximate surface area is 198 Å². The first kappa shape index (κ1) is 31.0. The average molecular weight is 472 g/mol. The molecule has 1 aromatic rings. The SMILES string of the molecule is CCCCCCCC[N+](C)(CCO)CCCCCCCC.Cc1ccc(S(=O)(=O)[O-])cc1. The molecule has 0 aliphatic carbocycles. The van der Waals surface area contributed by atoms with E-state index in [2.05, 4.69) is 20.9 Å². The van der Waals surface area contributed by atoms with Crippen molar-refractivity contribution in [2.24, 2.45) is 0 Å². The van der Waals surface area contributed by atoms with Crippen LogP contribution in [0.3, 0.4) is 0 Å². The Balaban J connectivity index is 0.000000726. The zero-order valence-corrected chi connectivity index (χ0v) is 22.0. The lowest BCUT2D eigenvalue weighted by molar-refractivity contribution is -0.910. The summed E-state index contributed by atoms with van der Waals surface area (Å²) in [7, 11) is -1.93. The summed E-state index contributed by atoms with van der Waals surface area (Å²) in [6.45, 7) is 10.1. The molecular weight excluding hydrogens is 422 g/mol. The molecule has 0 heterocycles. The van der Waals surface area contributed by atoms with E-state index in [1.165, 1.54) is 102 Å². The number of quaternary nitrogens is 1. The van der Waals surface area contributed by atoms with E-state index in [-0.39, 0.29) is 4.90 Å². The van der Waals surface area contributed by atoms with E-state index in [1.807, 2.05) is 6.92 Å². The van der Waals surface area contributed by atoms with Gasteiger partial charge in [0, 0.05) is 0 Å². The van der Waals surface area contributed by atoms with Crippen molar-refractivity contribution in [1.82, 2.24) is 0 Å². The Hall–Kier alpha value is -0.950. The van der Waals surface area contributed by atoms with E-state index in [0.717, 1.165) is 16.6 Å². The van der Waals surface area contributed by atoms with Crippen molar-refractivity contribution in [3.05, 3.63) is 29.8 Å². The number of unbranched alkanes of at least 4 members (excludes halogenated alkanes) is 10. The molecule has 0 amide bonds. The highest BCUT2D eigenvalue weighted by Gasteiger charge is 2.19. The lowest BCUT2D eigenvalue weighted by Crippen LogP contribution is -2.47. The molecule has 1 rings (SSSR count). The monoisotopic (exact) mass is 471 g/mol. The second kappa shape index (κ2) is 18.5. The molecule has 0 saturated heterocycles. The van der Waals surface area contributed by atoms with E-state index in [1.54, 1.807) is 12.1 Å². The quantitative estimate of drug-likeness (QED) is 0.170. The molecule has 0 bridgehead atoms. The molecule has 0 saturated carbocycles. The van der Waals surface area contributed by atoms with Crippen molar-refractivity contribution >= 4 is 10.1 Å². The van der Waals surface area contributed by atoms with Crippen LogP contribution >= 0.6 is 0 Å². The van der Waals surface area contributed by atoms with Crippen LogP contribution in [0.4, 0.5) is 0 Å². The molecule has 0 atom stereocenters. The molecule has 0 aromatic heterocycles. The van der Waals surface area contributed by atoms with Crippen LogP contribution in [0.1, 0.15) is 96.5 Å². The van der Waals surface area contributed by atoms with Crippen molar-refractivity contribution in [1.29, 1.82) is 0 Å². The maximum atomic E-state index is 10.4. The Kier molecular flexibility index (Phi) is 17.9. The number of likely N-dealkylation sites (N-methyl/N-ethyl adjacent to an activating group) is 1. The Bertz CT molecular complexity index is 643. The third kappa shape index (κ3) is 16.7. The van der Waals surface area contributed by atoms with Crippen LogP contribution in [-0.2, 0) is 10.1 Å². The molecule has 0 aliphatic heterocycles. The lowest BCUT2D eigenvalue weighted by Gasteiger charge is -2.34. The zero-order valence-electron chi connectivity index (χ0n) is 21.2. The van der Waals surface area contributed by atoms with Gasteiger partial charge < -0.3 is 14.1 Å². The minimum Gasteiger partial charge on any atom is -0.744 e. The fraction of sp³-hybridized carbons (Fsp3) is 0.769. The summed E-state index contributed by atoms with van der Waals surface area (Å²) in [5.41, 5.74) is 0.928. The predicted octanol–water partition coefficient (Wildman–Crippen LogP) is 6.05. The smallest absolute Gasteiger partial charge is 0.124 e. The normalized spacial score (nSPS) is 11.8. The number of benzene rings is 1. The lowest BCUT2D eigenvalue weighted by atomic mass is 10.1. The summed E-state index contributed by atoms with van der Waals surface area (Å²) >= 11 is 0. The van der Waals surface area contributed by atoms with Crippen LogP contribution in [0, 0.1) is 6.92 Å². The number of rotatable bonds is 17. The first-order chi connectivity index (χ1) is 15.2. The molecule has 0 aliphatic rings. The van der Waals surface area contributed by atoms with Crippen molar-refractivity contribution in [2.45, 2.75) is 103 Å². The first-order valence-corrected chi connectivity index (χ1v) is 14.1. The van der Waals surface area contributed by atoms with Gasteiger partial charge in [0.05, 0.1) is 31.6 Å². The van der Waals surface area contributed by atoms with Gasteiger partial charge in [0.25, 0.3) is 0 Å². The fourth-order valence-corrected chi connectivity index (χ4v) is 4.30. The summed E-state index contributed by atoms with van der Waals surface area (Å²) in [4.78, 5) is -0.178. The van der Waals surface area contributed by atoms with Gasteiger partial charge in [-0.15, -0.1) is 0 Å². The molecule has 1 N–H and O–H groups in total. The summed E-state index contributed by atoms with van der Waals surface area (Å²) in [5.74, 6) is 0. The molecule has 0 fully saturated rings. The summed E-state index contributed by atoms with van der Waals surface area (Å²) in [6, 6.07) is 5.78. The van der Waals surface area contributed by atoms with Crippen molar-refractivity contribution in [3.63, 3.8) is 0 Å². The van der Waals surface area contributed by atoms with Gasteiger partial charge in [0.1, 0.15) is 16.7 Å². The third-order valence-electron chi connectivity index (χ3n) is 6.05. The molecular formula is C26H49NO4S. The Morgan fingerprint density at radius 3 is 1.53 bits per heavy atom. The Morgan fingerprint density at radius 2 is 1.16 bits per heavy atom. The van der Waals surface area contributed by atoms with Crippen LogP contribution in [-0.4, -0.2) is 55.8 Å². The predicted molar refractivity (Wildman–Crippen MR) is 134 cm³/mol. The number of nitrogens with zero attached hydrogens (tertiary/aromatic N) is 1. The van der Waals surface area contributed by atoms with Gasteiger partial charge in [0.15, 0.2) is 0 Å². The van der Waals surface area contributed by atoms with E-state index in [0.29, 0.717) is 6.61 Å². The molecule has 6 heteroatoms. The first-order valence-electron chi connectivity index (χ1n) is 12.7. The topological polar surface area (TPSA) is 77.4 Å². The number of hydrogen-bond acceptors (Lipinski definition) is 4. The van der Waals surface area contributed by atoms with E-state index < -0.39 is 10.1 Å². The highest BCUT2D eigenvalue weighted by Crippen LogP contribution is 2.13. The molecule has 0 unspecified atom stereocenters. The van der Waals surface area contributed by atoms with E-state index in [9.17, 15) is 18.1 Å². The van der Waals surface area contributed by atoms with Gasteiger partial charge >= 0.3 is 0 Å². The van der Waals surface area contributed by atoms with Crippen LogP contribution in [0.25, 0.3) is 0 Å². The maximum absolute atomic E-state index is 10.4. The highest BCUT2D eigenvalue weighted by molar-refractivity contribution is 7.85.